The summed E-state index contributed by atoms with van der Waals surface area (Å²) in [6.45, 7) is 0.634. The zero-order valence-corrected chi connectivity index (χ0v) is 12.9. The van der Waals surface area contributed by atoms with Gasteiger partial charge in [0.25, 0.3) is 0 Å². The lowest BCUT2D eigenvalue weighted by molar-refractivity contribution is -0.116. The van der Waals surface area contributed by atoms with E-state index in [-0.39, 0.29) is 5.91 Å². The fourth-order valence-corrected chi connectivity index (χ4v) is 2.43. The molecule has 0 aliphatic rings. The van der Waals surface area contributed by atoms with E-state index in [1.54, 1.807) is 6.08 Å². The first-order chi connectivity index (χ1) is 11.3. The molecule has 1 amide bonds. The second-order valence-electron chi connectivity index (χ2n) is 5.39. The number of rotatable bonds is 6. The van der Waals surface area contributed by atoms with Gasteiger partial charge in [-0.05, 0) is 30.2 Å². The van der Waals surface area contributed by atoms with Gasteiger partial charge in [0, 0.05) is 24.4 Å². The molecule has 0 saturated carbocycles. The van der Waals surface area contributed by atoms with Crippen molar-refractivity contribution in [2.24, 2.45) is 0 Å². The average Bonchev–Trinajstić information content (AvgIpc) is 3.00. The van der Waals surface area contributed by atoms with Crippen molar-refractivity contribution in [3.05, 3.63) is 78.1 Å². The molecule has 0 aliphatic heterocycles. The molecule has 23 heavy (non-hydrogen) atoms. The van der Waals surface area contributed by atoms with Gasteiger partial charge in [-0.3, -0.25) is 4.79 Å². The first-order valence-electron chi connectivity index (χ1n) is 7.80. The Morgan fingerprint density at radius 1 is 1.04 bits per heavy atom. The van der Waals surface area contributed by atoms with E-state index in [1.165, 1.54) is 0 Å². The highest BCUT2D eigenvalue weighted by molar-refractivity contribution is 5.91. The van der Waals surface area contributed by atoms with E-state index in [0.29, 0.717) is 6.54 Å². The highest BCUT2D eigenvalue weighted by Gasteiger charge is 2.03. The highest BCUT2D eigenvalue weighted by Crippen LogP contribution is 2.19. The molecule has 0 spiro atoms. The molecule has 0 fully saturated rings. The number of benzene rings is 2. The van der Waals surface area contributed by atoms with Gasteiger partial charge in [0.1, 0.15) is 11.3 Å². The summed E-state index contributed by atoms with van der Waals surface area (Å²) in [7, 11) is 0. The smallest absolute Gasteiger partial charge is 0.243 e. The van der Waals surface area contributed by atoms with Gasteiger partial charge in [-0.25, -0.2) is 0 Å². The molecule has 0 atom stereocenters. The Balaban J connectivity index is 1.42. The van der Waals surface area contributed by atoms with Crippen LogP contribution in [0.25, 0.3) is 17.0 Å². The molecule has 0 saturated heterocycles. The van der Waals surface area contributed by atoms with Gasteiger partial charge in [-0.1, -0.05) is 48.5 Å². The minimum absolute atomic E-state index is 0.0709. The van der Waals surface area contributed by atoms with Crippen LogP contribution in [0.4, 0.5) is 0 Å². The van der Waals surface area contributed by atoms with Gasteiger partial charge in [-0.2, -0.15) is 0 Å². The van der Waals surface area contributed by atoms with E-state index in [9.17, 15) is 4.79 Å². The largest absolute Gasteiger partial charge is 0.461 e. The Morgan fingerprint density at radius 2 is 1.83 bits per heavy atom. The monoisotopic (exact) mass is 305 g/mol. The number of carbonyl (C=O) groups is 1. The van der Waals surface area contributed by atoms with Crippen LogP contribution in [0.1, 0.15) is 17.7 Å². The third kappa shape index (κ3) is 4.33. The number of para-hydroxylation sites is 1. The third-order valence-electron chi connectivity index (χ3n) is 3.60. The van der Waals surface area contributed by atoms with Crippen LogP contribution in [0, 0.1) is 0 Å². The maximum atomic E-state index is 11.7. The Bertz CT molecular complexity index is 770. The van der Waals surface area contributed by atoms with Gasteiger partial charge in [-0.15, -0.1) is 0 Å². The predicted molar refractivity (Wildman–Crippen MR) is 93.0 cm³/mol. The molecule has 1 heterocycles. The molecule has 3 nitrogen and oxygen atoms in total. The molecule has 0 aliphatic carbocycles. The molecule has 1 aromatic heterocycles. The van der Waals surface area contributed by atoms with Crippen LogP contribution in [-0.4, -0.2) is 12.5 Å². The molecule has 1 N–H and O–H groups in total. The fourth-order valence-electron chi connectivity index (χ4n) is 2.43. The normalized spacial score (nSPS) is 11.1. The molecule has 2 aromatic carbocycles. The van der Waals surface area contributed by atoms with E-state index >= 15 is 0 Å². The summed E-state index contributed by atoms with van der Waals surface area (Å²) in [6, 6.07) is 19.8. The SMILES string of the molecule is O=C(C=Cc1ccccc1)NCCCc1cc2ccccc2o1. The van der Waals surface area contributed by atoms with Gasteiger partial charge in [0.15, 0.2) is 0 Å². The molecular formula is C20H19NO2. The van der Waals surface area contributed by atoms with Crippen molar-refractivity contribution in [3.63, 3.8) is 0 Å². The third-order valence-corrected chi connectivity index (χ3v) is 3.60. The second-order valence-corrected chi connectivity index (χ2v) is 5.39. The van der Waals surface area contributed by atoms with Crippen molar-refractivity contribution in [2.75, 3.05) is 6.54 Å². The summed E-state index contributed by atoms with van der Waals surface area (Å²) in [4.78, 5) is 11.7. The summed E-state index contributed by atoms with van der Waals surface area (Å²) in [5, 5.41) is 4.01. The molecule has 0 unspecified atom stereocenters. The lowest BCUT2D eigenvalue weighted by atomic mass is 10.2. The predicted octanol–water partition coefficient (Wildman–Crippen LogP) is 4.20. The lowest BCUT2D eigenvalue weighted by Gasteiger charge is -2.00. The molecular weight excluding hydrogens is 286 g/mol. The van der Waals surface area contributed by atoms with Crippen molar-refractivity contribution < 1.29 is 9.21 Å². The number of fused-ring (bicyclic) bond motifs is 1. The summed E-state index contributed by atoms with van der Waals surface area (Å²) in [5.74, 6) is 0.888. The average molecular weight is 305 g/mol. The number of aryl methyl sites for hydroxylation is 1. The summed E-state index contributed by atoms with van der Waals surface area (Å²) < 4.78 is 5.75. The molecule has 0 bridgehead atoms. The number of nitrogens with one attached hydrogen (secondary N) is 1. The summed E-state index contributed by atoms with van der Waals surface area (Å²) in [5.41, 5.74) is 1.93. The standard InChI is InChI=1S/C20H19NO2/c22-20(13-12-16-7-2-1-3-8-16)21-14-6-10-18-15-17-9-4-5-11-19(17)23-18/h1-5,7-9,11-13,15H,6,10,14H2,(H,21,22). The molecule has 3 aromatic rings. The van der Waals surface area contributed by atoms with E-state index in [2.05, 4.69) is 11.4 Å². The van der Waals surface area contributed by atoms with Crippen molar-refractivity contribution in [1.29, 1.82) is 0 Å². The van der Waals surface area contributed by atoms with Crippen LogP contribution in [0.3, 0.4) is 0 Å². The number of hydrogen-bond donors (Lipinski definition) is 1. The number of carbonyl (C=O) groups excluding carboxylic acids is 1. The Hall–Kier alpha value is -2.81. The number of amides is 1. The van der Waals surface area contributed by atoms with E-state index in [1.807, 2.05) is 60.7 Å². The zero-order chi connectivity index (χ0) is 15.9. The van der Waals surface area contributed by atoms with Crippen molar-refractivity contribution >= 4 is 23.0 Å². The lowest BCUT2D eigenvalue weighted by Crippen LogP contribution is -2.22. The molecule has 3 heteroatoms. The van der Waals surface area contributed by atoms with Crippen molar-refractivity contribution in [3.8, 4) is 0 Å². The van der Waals surface area contributed by atoms with Crippen LogP contribution < -0.4 is 5.32 Å². The molecule has 116 valence electrons. The minimum Gasteiger partial charge on any atom is -0.461 e. The van der Waals surface area contributed by atoms with Crippen LogP contribution in [0.5, 0.6) is 0 Å². The minimum atomic E-state index is -0.0709. The first kappa shape index (κ1) is 15.1. The van der Waals surface area contributed by atoms with E-state index in [4.69, 9.17) is 4.42 Å². The van der Waals surface area contributed by atoms with Crippen molar-refractivity contribution in [1.82, 2.24) is 5.32 Å². The molecule has 0 radical (unpaired) electrons. The van der Waals surface area contributed by atoms with Crippen LogP contribution in [0.2, 0.25) is 0 Å². The zero-order valence-electron chi connectivity index (χ0n) is 12.9. The molecule has 3 rings (SSSR count). The Labute approximate surface area is 135 Å². The highest BCUT2D eigenvalue weighted by atomic mass is 16.3. The van der Waals surface area contributed by atoms with E-state index < -0.39 is 0 Å². The maximum Gasteiger partial charge on any atom is 0.243 e. The van der Waals surface area contributed by atoms with Crippen LogP contribution in [0.15, 0.2) is 71.2 Å². The topological polar surface area (TPSA) is 42.2 Å². The maximum absolute atomic E-state index is 11.7. The number of furan rings is 1. The van der Waals surface area contributed by atoms with Crippen LogP contribution >= 0.6 is 0 Å². The van der Waals surface area contributed by atoms with Crippen LogP contribution in [-0.2, 0) is 11.2 Å². The Kier molecular flexibility index (Phi) is 4.89. The van der Waals surface area contributed by atoms with Crippen molar-refractivity contribution in [2.45, 2.75) is 12.8 Å². The van der Waals surface area contributed by atoms with E-state index in [0.717, 1.165) is 35.1 Å². The second kappa shape index (κ2) is 7.45. The fraction of sp³-hybridized carbons (Fsp3) is 0.150. The van der Waals surface area contributed by atoms with Gasteiger partial charge in [0.2, 0.25) is 5.91 Å². The first-order valence-corrected chi connectivity index (χ1v) is 7.80. The van der Waals surface area contributed by atoms with Gasteiger partial charge in [0.05, 0.1) is 0 Å². The number of hydrogen-bond acceptors (Lipinski definition) is 2. The van der Waals surface area contributed by atoms with Gasteiger partial charge >= 0.3 is 0 Å². The summed E-state index contributed by atoms with van der Waals surface area (Å²) >= 11 is 0. The quantitative estimate of drug-likeness (QED) is 0.548. The summed E-state index contributed by atoms with van der Waals surface area (Å²) in [6.07, 6.45) is 5.05. The van der Waals surface area contributed by atoms with Gasteiger partial charge < -0.3 is 9.73 Å². The Morgan fingerprint density at radius 3 is 2.65 bits per heavy atom.